The second-order valence-electron chi connectivity index (χ2n) is 10.4. The van der Waals surface area contributed by atoms with Crippen molar-refractivity contribution in [3.8, 4) is 0 Å². The summed E-state index contributed by atoms with van der Waals surface area (Å²) in [6, 6.07) is 0. The summed E-state index contributed by atoms with van der Waals surface area (Å²) in [6.45, 7) is 16.8. The van der Waals surface area contributed by atoms with Crippen molar-refractivity contribution in [2.24, 2.45) is 5.41 Å². The van der Waals surface area contributed by atoms with Gasteiger partial charge in [-0.2, -0.15) is 0 Å². The molecule has 7 nitrogen and oxygen atoms in total. The Bertz CT molecular complexity index is 870. The predicted molar refractivity (Wildman–Crippen MR) is 146 cm³/mol. The van der Waals surface area contributed by atoms with Crippen LogP contribution in [0.25, 0.3) is 0 Å². The van der Waals surface area contributed by atoms with Crippen LogP contribution in [0, 0.1) is 5.41 Å². The fraction of sp³-hybridized carbons (Fsp3) is 0.607. The highest BCUT2D eigenvalue weighted by atomic mass is 31.2. The molecule has 8 heteroatoms. The molecule has 206 valence electrons. The highest BCUT2D eigenvalue weighted by Gasteiger charge is 2.38. The first kappa shape index (κ1) is 34.2. The maximum absolute atomic E-state index is 11.6. The van der Waals surface area contributed by atoms with Crippen molar-refractivity contribution in [3.05, 3.63) is 59.3 Å². The summed E-state index contributed by atoms with van der Waals surface area (Å²) in [5.74, 6) is -3.79. The number of allylic oxidation sites excluding steroid dienone is 8. The summed E-state index contributed by atoms with van der Waals surface area (Å²) in [7, 11) is -5.00. The van der Waals surface area contributed by atoms with Crippen LogP contribution >= 0.6 is 7.60 Å². The zero-order valence-electron chi connectivity index (χ0n) is 22.9. The SMILES string of the molecule is C=C(C/C=C(\C)CCC=C(C)C)CCC(C)(C)/C=C/CC/C(C)=C\COC(=O)C(O)C(O)P(=O)(O)O. The average molecular weight is 527 g/mol. The molecule has 2 unspecified atom stereocenters. The molecule has 0 heterocycles. The largest absolute Gasteiger partial charge is 0.459 e. The topological polar surface area (TPSA) is 124 Å². The van der Waals surface area contributed by atoms with Gasteiger partial charge in [0.1, 0.15) is 6.61 Å². The molecule has 0 aromatic heterocycles. The van der Waals surface area contributed by atoms with Gasteiger partial charge in [-0.3, -0.25) is 4.57 Å². The number of esters is 1. The lowest BCUT2D eigenvalue weighted by Gasteiger charge is -2.20. The molecule has 0 rings (SSSR count). The van der Waals surface area contributed by atoms with Gasteiger partial charge in [0.05, 0.1) is 0 Å². The van der Waals surface area contributed by atoms with Gasteiger partial charge in [0.15, 0.2) is 11.9 Å². The van der Waals surface area contributed by atoms with E-state index >= 15 is 0 Å². The Labute approximate surface area is 217 Å². The minimum absolute atomic E-state index is 0.0497. The molecule has 0 aromatic carbocycles. The van der Waals surface area contributed by atoms with Gasteiger partial charge >= 0.3 is 13.6 Å². The van der Waals surface area contributed by atoms with Crippen LogP contribution in [0.1, 0.15) is 86.5 Å². The molecule has 0 aliphatic heterocycles. The third-order valence-corrected chi connectivity index (χ3v) is 6.73. The molecule has 0 fully saturated rings. The van der Waals surface area contributed by atoms with Gasteiger partial charge in [0.25, 0.3) is 0 Å². The molecule has 0 spiro atoms. The smallest absolute Gasteiger partial charge is 0.357 e. The number of aliphatic hydroxyl groups is 2. The number of hydrogen-bond donors (Lipinski definition) is 4. The summed E-state index contributed by atoms with van der Waals surface area (Å²) in [5, 5.41) is 18.7. The number of rotatable bonds is 17. The normalized spacial score (nSPS) is 15.1. The molecule has 0 amide bonds. The Hall–Kier alpha value is -1.76. The molecule has 0 radical (unpaired) electrons. The van der Waals surface area contributed by atoms with Crippen LogP contribution in [0.5, 0.6) is 0 Å². The van der Waals surface area contributed by atoms with Crippen LogP contribution in [0.3, 0.4) is 0 Å². The first-order chi connectivity index (χ1) is 16.5. The van der Waals surface area contributed by atoms with Crippen molar-refractivity contribution < 1.29 is 34.1 Å². The number of ether oxygens (including phenoxy) is 1. The molecule has 2 atom stereocenters. The Morgan fingerprint density at radius 2 is 1.56 bits per heavy atom. The number of carbonyl (C=O) groups excluding carboxylic acids is 1. The first-order valence-electron chi connectivity index (χ1n) is 12.4. The van der Waals surface area contributed by atoms with Gasteiger partial charge < -0.3 is 24.7 Å². The van der Waals surface area contributed by atoms with E-state index in [1.807, 2.05) is 6.92 Å². The molecule has 0 aromatic rings. The van der Waals surface area contributed by atoms with E-state index in [0.29, 0.717) is 0 Å². The summed E-state index contributed by atoms with van der Waals surface area (Å²) in [6.07, 6.45) is 14.9. The van der Waals surface area contributed by atoms with Crippen molar-refractivity contribution in [3.63, 3.8) is 0 Å². The molecule has 0 saturated carbocycles. The quantitative estimate of drug-likeness (QED) is 0.102. The lowest BCUT2D eigenvalue weighted by atomic mass is 9.85. The average Bonchev–Trinajstić information content (AvgIpc) is 2.77. The van der Waals surface area contributed by atoms with Gasteiger partial charge in [-0.15, -0.1) is 0 Å². The van der Waals surface area contributed by atoms with Crippen LogP contribution in [-0.4, -0.2) is 44.5 Å². The lowest BCUT2D eigenvalue weighted by molar-refractivity contribution is -0.156. The van der Waals surface area contributed by atoms with Gasteiger partial charge in [0.2, 0.25) is 0 Å². The first-order valence-corrected chi connectivity index (χ1v) is 14.1. The van der Waals surface area contributed by atoms with E-state index in [1.165, 1.54) is 16.7 Å². The van der Waals surface area contributed by atoms with E-state index in [4.69, 9.17) is 14.5 Å². The maximum atomic E-state index is 11.6. The lowest BCUT2D eigenvalue weighted by Crippen LogP contribution is -2.35. The molecule has 4 N–H and O–H groups in total. The fourth-order valence-corrected chi connectivity index (χ4v) is 3.66. The Morgan fingerprint density at radius 1 is 0.972 bits per heavy atom. The molecular formula is C28H47O7P. The van der Waals surface area contributed by atoms with E-state index < -0.39 is 25.5 Å². The van der Waals surface area contributed by atoms with Crippen molar-refractivity contribution in [2.75, 3.05) is 6.61 Å². The van der Waals surface area contributed by atoms with Gasteiger partial charge in [-0.1, -0.05) is 67.0 Å². The van der Waals surface area contributed by atoms with E-state index in [1.54, 1.807) is 6.08 Å². The number of carbonyl (C=O) groups is 1. The van der Waals surface area contributed by atoms with E-state index in [0.717, 1.165) is 50.5 Å². The molecular weight excluding hydrogens is 479 g/mol. The molecule has 0 bridgehead atoms. The Balaban J connectivity index is 4.37. The highest BCUT2D eigenvalue weighted by molar-refractivity contribution is 7.52. The summed E-state index contributed by atoms with van der Waals surface area (Å²) >= 11 is 0. The maximum Gasteiger partial charge on any atom is 0.357 e. The second-order valence-corrected chi connectivity index (χ2v) is 12.1. The standard InChI is InChI=1S/C28H47O7P/c1-21(2)11-10-13-22(3)14-15-24(5)16-19-28(6,7)18-9-8-12-23(4)17-20-35-26(30)25(29)27(31)36(32,33)34/h9,11,14,17-18,25,27,29,31H,5,8,10,12-13,15-16,19-20H2,1-4,6-7H3,(H2,32,33,34)/b18-9+,22-14+,23-17-. The van der Waals surface area contributed by atoms with Crippen LogP contribution < -0.4 is 0 Å². The Morgan fingerprint density at radius 3 is 2.14 bits per heavy atom. The Kier molecular flexibility index (Phi) is 16.1. The molecule has 0 saturated heterocycles. The van der Waals surface area contributed by atoms with Crippen molar-refractivity contribution in [2.45, 2.75) is 98.4 Å². The fourth-order valence-electron chi connectivity index (χ4n) is 3.17. The van der Waals surface area contributed by atoms with Crippen molar-refractivity contribution in [1.29, 1.82) is 0 Å². The number of aliphatic hydroxyl groups excluding tert-OH is 2. The van der Waals surface area contributed by atoms with Crippen LogP contribution in [0.15, 0.2) is 59.3 Å². The minimum Gasteiger partial charge on any atom is -0.459 e. The van der Waals surface area contributed by atoms with Crippen molar-refractivity contribution in [1.82, 2.24) is 0 Å². The van der Waals surface area contributed by atoms with E-state index in [2.05, 4.69) is 65.5 Å². The predicted octanol–water partition coefficient (Wildman–Crippen LogP) is 6.11. The minimum atomic E-state index is -5.00. The summed E-state index contributed by atoms with van der Waals surface area (Å²) < 4.78 is 15.7. The van der Waals surface area contributed by atoms with Gasteiger partial charge in [-0.05, 0) is 84.1 Å². The monoisotopic (exact) mass is 526 g/mol. The van der Waals surface area contributed by atoms with Crippen molar-refractivity contribution >= 4 is 13.6 Å². The molecule has 0 aliphatic rings. The number of hydrogen-bond acceptors (Lipinski definition) is 5. The molecule has 0 aliphatic carbocycles. The van der Waals surface area contributed by atoms with E-state index in [9.17, 15) is 19.6 Å². The second kappa shape index (κ2) is 16.9. The highest BCUT2D eigenvalue weighted by Crippen LogP contribution is 2.41. The van der Waals surface area contributed by atoms with Gasteiger partial charge in [0, 0.05) is 0 Å². The zero-order valence-corrected chi connectivity index (χ0v) is 23.8. The van der Waals surface area contributed by atoms with Crippen LogP contribution in [-0.2, 0) is 14.1 Å². The summed E-state index contributed by atoms with van der Waals surface area (Å²) in [4.78, 5) is 29.2. The van der Waals surface area contributed by atoms with E-state index in [-0.39, 0.29) is 12.0 Å². The zero-order chi connectivity index (χ0) is 27.9. The summed E-state index contributed by atoms with van der Waals surface area (Å²) in [5.41, 5.74) is 5.02. The third-order valence-electron chi connectivity index (χ3n) is 5.75. The van der Waals surface area contributed by atoms with Crippen LogP contribution in [0.2, 0.25) is 0 Å². The van der Waals surface area contributed by atoms with Gasteiger partial charge in [-0.25, -0.2) is 4.79 Å². The third kappa shape index (κ3) is 16.8. The van der Waals surface area contributed by atoms with Crippen LogP contribution in [0.4, 0.5) is 0 Å². The molecule has 36 heavy (non-hydrogen) atoms.